The maximum absolute atomic E-state index is 11.7. The first-order valence-corrected chi connectivity index (χ1v) is 11.1. The topological polar surface area (TPSA) is 130 Å². The average Bonchev–Trinajstić information content (AvgIpc) is 3.43. The second-order valence-electron chi connectivity index (χ2n) is 8.55. The highest BCUT2D eigenvalue weighted by molar-refractivity contribution is 5.93. The van der Waals surface area contributed by atoms with Crippen LogP contribution in [0.25, 0.3) is 16.7 Å². The number of anilines is 1. The van der Waals surface area contributed by atoms with Crippen molar-refractivity contribution in [1.82, 2.24) is 19.7 Å². The van der Waals surface area contributed by atoms with Crippen molar-refractivity contribution >= 4 is 22.6 Å². The summed E-state index contributed by atoms with van der Waals surface area (Å²) in [7, 11) is 1.66. The van der Waals surface area contributed by atoms with E-state index < -0.39 is 18.1 Å². The van der Waals surface area contributed by atoms with Crippen LogP contribution in [0.5, 0.6) is 5.75 Å². The number of aliphatic hydroxyl groups is 1. The Labute approximate surface area is 196 Å². The number of hydrogen-bond acceptors (Lipinski definition) is 9. The van der Waals surface area contributed by atoms with Gasteiger partial charge in [0, 0.05) is 55.8 Å². The largest absolute Gasteiger partial charge is 0.493 e. The maximum atomic E-state index is 11.7. The molecule has 5 rings (SSSR count). The van der Waals surface area contributed by atoms with Crippen molar-refractivity contribution in [2.45, 2.75) is 18.9 Å². The van der Waals surface area contributed by atoms with Crippen LogP contribution in [0.15, 0.2) is 24.4 Å². The smallest absolute Gasteiger partial charge is 0.251 e. The van der Waals surface area contributed by atoms with E-state index in [2.05, 4.69) is 15.4 Å². The van der Waals surface area contributed by atoms with E-state index >= 15 is 0 Å². The second-order valence-corrected chi connectivity index (χ2v) is 8.55. The van der Waals surface area contributed by atoms with Crippen LogP contribution >= 0.6 is 0 Å². The molecule has 2 fully saturated rings. The normalized spacial score (nSPS) is 20.4. The SMILES string of the molecule is CO[C@@]1(c2cc(OCC3COC3)cc(-n3nc(C)c4cnc(NC(=O)CO)cc43)n2)CCOC1. The van der Waals surface area contributed by atoms with Crippen LogP contribution < -0.4 is 10.1 Å². The molecule has 0 aliphatic carbocycles. The number of fused-ring (bicyclic) bond motifs is 1. The Bertz CT molecular complexity index is 1200. The molecule has 180 valence electrons. The predicted octanol–water partition coefficient (Wildman–Crippen LogP) is 1.34. The quantitative estimate of drug-likeness (QED) is 0.502. The number of carbonyl (C=O) groups is 1. The van der Waals surface area contributed by atoms with E-state index in [1.807, 2.05) is 19.1 Å². The van der Waals surface area contributed by atoms with Gasteiger partial charge in [0.15, 0.2) is 5.82 Å². The Morgan fingerprint density at radius 3 is 2.85 bits per heavy atom. The van der Waals surface area contributed by atoms with Crippen LogP contribution in [0.4, 0.5) is 5.82 Å². The van der Waals surface area contributed by atoms with Gasteiger partial charge in [-0.1, -0.05) is 0 Å². The Morgan fingerprint density at radius 2 is 2.18 bits per heavy atom. The maximum Gasteiger partial charge on any atom is 0.251 e. The summed E-state index contributed by atoms with van der Waals surface area (Å²) in [4.78, 5) is 20.8. The minimum atomic E-state index is -0.673. The molecule has 0 radical (unpaired) electrons. The van der Waals surface area contributed by atoms with Crippen LogP contribution in [0.1, 0.15) is 17.8 Å². The number of aryl methyl sites for hydroxylation is 1. The molecule has 1 atom stereocenters. The zero-order valence-corrected chi connectivity index (χ0v) is 19.1. The third kappa shape index (κ3) is 4.23. The molecule has 11 heteroatoms. The van der Waals surface area contributed by atoms with Crippen LogP contribution in [0, 0.1) is 12.8 Å². The molecule has 5 heterocycles. The van der Waals surface area contributed by atoms with Crippen molar-refractivity contribution in [2.75, 3.05) is 52.1 Å². The van der Waals surface area contributed by atoms with E-state index in [4.69, 9.17) is 29.0 Å². The number of aliphatic hydroxyl groups excluding tert-OH is 1. The Morgan fingerprint density at radius 1 is 1.32 bits per heavy atom. The number of ether oxygens (including phenoxy) is 4. The lowest BCUT2D eigenvalue weighted by molar-refractivity contribution is -0.118. The number of nitrogens with zero attached hydrogens (tertiary/aromatic N) is 4. The molecule has 3 aromatic heterocycles. The molecule has 34 heavy (non-hydrogen) atoms. The number of nitrogens with one attached hydrogen (secondary N) is 1. The van der Waals surface area contributed by atoms with Gasteiger partial charge in [0.2, 0.25) is 0 Å². The lowest BCUT2D eigenvalue weighted by Gasteiger charge is -2.28. The van der Waals surface area contributed by atoms with Gasteiger partial charge in [0.1, 0.15) is 23.8 Å². The van der Waals surface area contributed by atoms with Crippen molar-refractivity contribution in [3.05, 3.63) is 35.8 Å². The van der Waals surface area contributed by atoms with Crippen molar-refractivity contribution in [1.29, 1.82) is 0 Å². The van der Waals surface area contributed by atoms with Crippen molar-refractivity contribution in [2.24, 2.45) is 5.92 Å². The van der Waals surface area contributed by atoms with E-state index in [1.165, 1.54) is 0 Å². The molecule has 3 aromatic rings. The highest BCUT2D eigenvalue weighted by Gasteiger charge is 2.39. The molecular weight excluding hydrogens is 442 g/mol. The minimum Gasteiger partial charge on any atom is -0.493 e. The average molecular weight is 469 g/mol. The van der Waals surface area contributed by atoms with Crippen LogP contribution in [-0.2, 0) is 24.6 Å². The first kappa shape index (κ1) is 22.7. The molecule has 1 amide bonds. The summed E-state index contributed by atoms with van der Waals surface area (Å²) in [6.45, 7) is 4.16. The van der Waals surface area contributed by atoms with E-state index in [1.54, 1.807) is 24.1 Å². The lowest BCUT2D eigenvalue weighted by Crippen LogP contribution is -2.33. The Balaban J connectivity index is 1.59. The van der Waals surface area contributed by atoms with Gasteiger partial charge in [-0.25, -0.2) is 14.6 Å². The molecule has 0 bridgehead atoms. The van der Waals surface area contributed by atoms with Gasteiger partial charge in [0.25, 0.3) is 5.91 Å². The summed E-state index contributed by atoms with van der Waals surface area (Å²) < 4.78 is 24.6. The lowest BCUT2D eigenvalue weighted by atomic mass is 9.97. The van der Waals surface area contributed by atoms with E-state index in [-0.39, 0.29) is 0 Å². The van der Waals surface area contributed by atoms with Crippen LogP contribution in [-0.4, -0.2) is 77.5 Å². The molecule has 2 saturated heterocycles. The van der Waals surface area contributed by atoms with Gasteiger partial charge >= 0.3 is 0 Å². The summed E-state index contributed by atoms with van der Waals surface area (Å²) >= 11 is 0. The number of hydrogen-bond donors (Lipinski definition) is 2. The number of rotatable bonds is 8. The molecule has 0 saturated carbocycles. The van der Waals surface area contributed by atoms with Gasteiger partial charge < -0.3 is 29.4 Å². The van der Waals surface area contributed by atoms with Gasteiger partial charge in [-0.15, -0.1) is 0 Å². The molecule has 0 aromatic carbocycles. The number of pyridine rings is 2. The number of methoxy groups -OCH3 is 1. The molecule has 2 N–H and O–H groups in total. The zero-order valence-electron chi connectivity index (χ0n) is 19.1. The molecule has 2 aliphatic rings. The van der Waals surface area contributed by atoms with E-state index in [0.29, 0.717) is 74.0 Å². The minimum absolute atomic E-state index is 0.308. The van der Waals surface area contributed by atoms with E-state index in [0.717, 1.165) is 11.1 Å². The predicted molar refractivity (Wildman–Crippen MR) is 121 cm³/mol. The van der Waals surface area contributed by atoms with Gasteiger partial charge in [-0.2, -0.15) is 5.10 Å². The molecule has 11 nitrogen and oxygen atoms in total. The number of amides is 1. The first-order chi connectivity index (χ1) is 16.5. The van der Waals surface area contributed by atoms with E-state index in [9.17, 15) is 4.79 Å². The molecule has 0 unspecified atom stereocenters. The number of carbonyl (C=O) groups excluding carboxylic acids is 1. The van der Waals surface area contributed by atoms with Crippen molar-refractivity contribution < 1.29 is 28.8 Å². The molecule has 2 aliphatic heterocycles. The second kappa shape index (κ2) is 9.26. The van der Waals surface area contributed by atoms with Crippen molar-refractivity contribution in [3.8, 4) is 11.6 Å². The fourth-order valence-electron chi connectivity index (χ4n) is 4.11. The summed E-state index contributed by atoms with van der Waals surface area (Å²) in [5.74, 6) is 1.32. The molecular formula is C23H27N5O6. The third-order valence-electron chi connectivity index (χ3n) is 6.20. The fraction of sp³-hybridized carbons (Fsp3) is 0.478. The van der Waals surface area contributed by atoms with Crippen LogP contribution in [0.3, 0.4) is 0 Å². The zero-order chi connectivity index (χ0) is 23.7. The number of aromatic nitrogens is 4. The summed E-state index contributed by atoms with van der Waals surface area (Å²) in [6.07, 6.45) is 2.32. The Kier molecular flexibility index (Phi) is 6.17. The fourth-order valence-corrected chi connectivity index (χ4v) is 4.11. The first-order valence-electron chi connectivity index (χ1n) is 11.1. The van der Waals surface area contributed by atoms with Gasteiger partial charge in [-0.3, -0.25) is 4.79 Å². The van der Waals surface area contributed by atoms with Gasteiger partial charge in [0.05, 0.1) is 43.3 Å². The highest BCUT2D eigenvalue weighted by Crippen LogP contribution is 2.36. The van der Waals surface area contributed by atoms with Crippen molar-refractivity contribution in [3.63, 3.8) is 0 Å². The Hall–Kier alpha value is -3.12. The summed E-state index contributed by atoms with van der Waals surface area (Å²) in [5, 5.41) is 17.1. The molecule has 0 spiro atoms. The van der Waals surface area contributed by atoms with Crippen LogP contribution in [0.2, 0.25) is 0 Å². The highest BCUT2D eigenvalue weighted by atomic mass is 16.6. The summed E-state index contributed by atoms with van der Waals surface area (Å²) in [6, 6.07) is 5.43. The third-order valence-corrected chi connectivity index (χ3v) is 6.20. The standard InChI is InChI=1S/C23H27N5O6/c1-14-17-8-24-20(26-22(30)9-29)7-18(17)28(27-14)21-6-16(34-12-15-10-33-11-15)5-19(25-21)23(31-2)3-4-32-13-23/h5-8,15,29H,3-4,9-13H2,1-2H3,(H,24,26,30)/t23-/m0/s1. The monoisotopic (exact) mass is 469 g/mol. The van der Waals surface area contributed by atoms with Gasteiger partial charge in [-0.05, 0) is 6.92 Å². The summed E-state index contributed by atoms with van der Waals surface area (Å²) in [5.41, 5.74) is 1.49.